The van der Waals surface area contributed by atoms with Gasteiger partial charge in [0, 0.05) is 23.1 Å². The zero-order valence-electron chi connectivity index (χ0n) is 16.7. The lowest BCUT2D eigenvalue weighted by Crippen LogP contribution is -2.30. The van der Waals surface area contributed by atoms with Crippen LogP contribution in [0.25, 0.3) is 10.9 Å². The summed E-state index contributed by atoms with van der Waals surface area (Å²) in [6.45, 7) is 5.60. The Labute approximate surface area is 166 Å². The van der Waals surface area contributed by atoms with Gasteiger partial charge in [-0.25, -0.2) is 4.79 Å². The molecule has 0 bridgehead atoms. The second-order valence-corrected chi connectivity index (χ2v) is 7.75. The zero-order chi connectivity index (χ0) is 19.5. The Kier molecular flexibility index (Phi) is 5.49. The van der Waals surface area contributed by atoms with Gasteiger partial charge in [0.1, 0.15) is 0 Å². The van der Waals surface area contributed by atoms with Crippen molar-refractivity contribution in [2.45, 2.75) is 32.7 Å². The molecule has 28 heavy (non-hydrogen) atoms. The van der Waals surface area contributed by atoms with Crippen LogP contribution in [0.5, 0.6) is 0 Å². The number of nitrogens with zero attached hydrogens (tertiary/aromatic N) is 1. The molecule has 0 spiro atoms. The number of para-hydroxylation sites is 1. The average molecular weight is 377 g/mol. The van der Waals surface area contributed by atoms with Crippen LogP contribution >= 0.6 is 0 Å². The van der Waals surface area contributed by atoms with Crippen LogP contribution in [0.2, 0.25) is 0 Å². The van der Waals surface area contributed by atoms with Crippen LogP contribution in [0.1, 0.15) is 40.0 Å². The molecule has 0 radical (unpaired) electrons. The monoisotopic (exact) mass is 376 g/mol. The van der Waals surface area contributed by atoms with E-state index in [4.69, 9.17) is 4.74 Å². The van der Waals surface area contributed by atoms with Gasteiger partial charge in [0.15, 0.2) is 0 Å². The molecule has 4 nitrogen and oxygen atoms in total. The fourth-order valence-electron chi connectivity index (χ4n) is 4.36. The summed E-state index contributed by atoms with van der Waals surface area (Å²) in [5.41, 5.74) is 5.88. The van der Waals surface area contributed by atoms with Crippen molar-refractivity contribution in [1.82, 2.24) is 9.88 Å². The molecule has 1 saturated heterocycles. The first kappa shape index (κ1) is 18.8. The van der Waals surface area contributed by atoms with Gasteiger partial charge >= 0.3 is 5.97 Å². The summed E-state index contributed by atoms with van der Waals surface area (Å²) in [4.78, 5) is 11.7. The fraction of sp³-hybridized carbons (Fsp3) is 0.375. The minimum Gasteiger partial charge on any atom is -0.465 e. The number of aromatic nitrogens is 1. The Hall–Kier alpha value is -2.59. The molecule has 0 atom stereocenters. The molecular formula is C24H28N2O2. The predicted molar refractivity (Wildman–Crippen MR) is 113 cm³/mol. The number of fused-ring (bicyclic) bond motifs is 1. The van der Waals surface area contributed by atoms with E-state index >= 15 is 0 Å². The number of hydrogen-bond acceptors (Lipinski definition) is 3. The van der Waals surface area contributed by atoms with Crippen LogP contribution in [0.3, 0.4) is 0 Å². The lowest BCUT2D eigenvalue weighted by atomic mass is 9.98. The summed E-state index contributed by atoms with van der Waals surface area (Å²) in [6.07, 6.45) is 3.36. The summed E-state index contributed by atoms with van der Waals surface area (Å²) < 4.78 is 7.32. The molecule has 2 heterocycles. The third-order valence-corrected chi connectivity index (χ3v) is 6.02. The van der Waals surface area contributed by atoms with Gasteiger partial charge in [-0.3, -0.25) is 0 Å². The maximum absolute atomic E-state index is 11.7. The van der Waals surface area contributed by atoms with Gasteiger partial charge < -0.3 is 14.6 Å². The molecule has 0 unspecified atom stereocenters. The van der Waals surface area contributed by atoms with E-state index in [1.165, 1.54) is 47.7 Å². The molecule has 0 amide bonds. The Morgan fingerprint density at radius 1 is 1.11 bits per heavy atom. The topological polar surface area (TPSA) is 43.3 Å². The zero-order valence-corrected chi connectivity index (χ0v) is 16.7. The highest BCUT2D eigenvalue weighted by molar-refractivity contribution is 5.89. The summed E-state index contributed by atoms with van der Waals surface area (Å²) >= 11 is 0. The molecule has 3 aromatic rings. The molecule has 0 saturated carbocycles. The molecule has 2 aromatic carbocycles. The number of piperidine rings is 1. The molecule has 0 aliphatic carbocycles. The first-order valence-electron chi connectivity index (χ1n) is 10.1. The molecule has 1 fully saturated rings. The van der Waals surface area contributed by atoms with Crippen LogP contribution in [0.4, 0.5) is 0 Å². The van der Waals surface area contributed by atoms with Gasteiger partial charge in [0.25, 0.3) is 0 Å². The highest BCUT2D eigenvalue weighted by Gasteiger charge is 2.19. The Balaban J connectivity index is 1.65. The van der Waals surface area contributed by atoms with Crippen molar-refractivity contribution in [2.24, 2.45) is 5.92 Å². The summed E-state index contributed by atoms with van der Waals surface area (Å²) in [7, 11) is 1.41. The standard InChI is InChI=1S/C24H28N2O2/c1-17-22(15-18-7-9-20(10-8-18)24(27)28-2)21-5-3-4-6-23(21)26(17)16-19-11-13-25-14-12-19/h3-10,19,25H,11-16H2,1-2H3. The lowest BCUT2D eigenvalue weighted by molar-refractivity contribution is 0.0600. The van der Waals surface area contributed by atoms with Gasteiger partial charge in [-0.15, -0.1) is 0 Å². The number of hydrogen-bond donors (Lipinski definition) is 1. The van der Waals surface area contributed by atoms with Crippen LogP contribution in [-0.2, 0) is 17.7 Å². The average Bonchev–Trinajstić information content (AvgIpc) is 3.00. The number of carbonyl (C=O) groups is 1. The van der Waals surface area contributed by atoms with E-state index in [-0.39, 0.29) is 5.97 Å². The SMILES string of the molecule is COC(=O)c1ccc(Cc2c(C)n(CC3CCNCC3)c3ccccc23)cc1. The second kappa shape index (κ2) is 8.19. The first-order chi connectivity index (χ1) is 13.7. The van der Waals surface area contributed by atoms with E-state index in [0.29, 0.717) is 5.56 Å². The molecule has 1 N–H and O–H groups in total. The van der Waals surface area contributed by atoms with Crippen molar-refractivity contribution in [3.8, 4) is 0 Å². The third kappa shape index (κ3) is 3.69. The summed E-state index contributed by atoms with van der Waals surface area (Å²) in [5.74, 6) is 0.448. The van der Waals surface area contributed by atoms with Gasteiger partial charge in [-0.2, -0.15) is 0 Å². The van der Waals surface area contributed by atoms with Crippen molar-refractivity contribution in [3.63, 3.8) is 0 Å². The molecule has 4 rings (SSSR count). The molecule has 1 aromatic heterocycles. The molecule has 1 aliphatic heterocycles. The Morgan fingerprint density at radius 3 is 2.54 bits per heavy atom. The number of benzene rings is 2. The van der Waals surface area contributed by atoms with Crippen LogP contribution in [0, 0.1) is 12.8 Å². The number of esters is 1. The van der Waals surface area contributed by atoms with Crippen LogP contribution < -0.4 is 5.32 Å². The normalized spacial score (nSPS) is 15.1. The first-order valence-corrected chi connectivity index (χ1v) is 10.1. The molecule has 1 aliphatic rings. The van der Waals surface area contributed by atoms with Crippen molar-refractivity contribution < 1.29 is 9.53 Å². The van der Waals surface area contributed by atoms with E-state index in [2.05, 4.69) is 41.1 Å². The minimum atomic E-state index is -0.290. The van der Waals surface area contributed by atoms with Gasteiger partial charge in [0.05, 0.1) is 12.7 Å². The smallest absolute Gasteiger partial charge is 0.337 e. The highest BCUT2D eigenvalue weighted by atomic mass is 16.5. The lowest BCUT2D eigenvalue weighted by Gasteiger charge is -2.24. The Morgan fingerprint density at radius 2 is 1.82 bits per heavy atom. The van der Waals surface area contributed by atoms with Crippen molar-refractivity contribution in [2.75, 3.05) is 20.2 Å². The number of carbonyl (C=O) groups excluding carboxylic acids is 1. The number of rotatable bonds is 5. The quantitative estimate of drug-likeness (QED) is 0.674. The van der Waals surface area contributed by atoms with Crippen LogP contribution in [0.15, 0.2) is 48.5 Å². The largest absolute Gasteiger partial charge is 0.465 e. The minimum absolute atomic E-state index is 0.290. The van der Waals surface area contributed by atoms with Crippen molar-refractivity contribution >= 4 is 16.9 Å². The van der Waals surface area contributed by atoms with Crippen molar-refractivity contribution in [1.29, 1.82) is 0 Å². The number of ether oxygens (including phenoxy) is 1. The van der Waals surface area contributed by atoms with E-state index < -0.39 is 0 Å². The maximum Gasteiger partial charge on any atom is 0.337 e. The van der Waals surface area contributed by atoms with Gasteiger partial charge in [0.2, 0.25) is 0 Å². The van der Waals surface area contributed by atoms with Crippen LogP contribution in [-0.4, -0.2) is 30.7 Å². The van der Waals surface area contributed by atoms with E-state index in [0.717, 1.165) is 32.0 Å². The highest BCUT2D eigenvalue weighted by Crippen LogP contribution is 2.30. The van der Waals surface area contributed by atoms with E-state index in [1.807, 2.05) is 24.3 Å². The third-order valence-electron chi connectivity index (χ3n) is 6.02. The van der Waals surface area contributed by atoms with E-state index in [9.17, 15) is 4.79 Å². The molecular weight excluding hydrogens is 348 g/mol. The van der Waals surface area contributed by atoms with Crippen molar-refractivity contribution in [3.05, 3.63) is 70.9 Å². The molecule has 4 heteroatoms. The van der Waals surface area contributed by atoms with Gasteiger partial charge in [-0.05, 0) is 74.5 Å². The molecule has 146 valence electrons. The second-order valence-electron chi connectivity index (χ2n) is 7.75. The fourth-order valence-corrected chi connectivity index (χ4v) is 4.36. The Bertz CT molecular complexity index is 966. The summed E-state index contributed by atoms with van der Waals surface area (Å²) in [6, 6.07) is 16.5. The summed E-state index contributed by atoms with van der Waals surface area (Å²) in [5, 5.41) is 4.80. The predicted octanol–water partition coefficient (Wildman–Crippen LogP) is 4.33. The maximum atomic E-state index is 11.7. The van der Waals surface area contributed by atoms with E-state index in [1.54, 1.807) is 0 Å². The number of methoxy groups -OCH3 is 1. The number of nitrogens with one attached hydrogen (secondary N) is 1. The van der Waals surface area contributed by atoms with Gasteiger partial charge in [-0.1, -0.05) is 30.3 Å².